The van der Waals surface area contributed by atoms with Gasteiger partial charge in [0.25, 0.3) is 5.91 Å². The zero-order valence-electron chi connectivity index (χ0n) is 18.6. The van der Waals surface area contributed by atoms with E-state index in [-0.39, 0.29) is 11.5 Å². The van der Waals surface area contributed by atoms with Crippen LogP contribution in [0.3, 0.4) is 0 Å². The van der Waals surface area contributed by atoms with Crippen molar-refractivity contribution in [3.05, 3.63) is 54.4 Å². The first kappa shape index (κ1) is 20.6. The minimum absolute atomic E-state index is 0.0511. The second kappa shape index (κ2) is 8.67. The minimum Gasteiger partial charge on any atom is -0.375 e. The Bertz CT molecular complexity index is 880. The van der Waals surface area contributed by atoms with E-state index >= 15 is 0 Å². The van der Waals surface area contributed by atoms with Crippen molar-refractivity contribution in [3.8, 4) is 0 Å². The molecule has 1 aromatic heterocycles. The highest BCUT2D eigenvalue weighted by molar-refractivity contribution is 5.92. The number of aryl methyl sites for hydroxylation is 1. The van der Waals surface area contributed by atoms with Gasteiger partial charge in [-0.05, 0) is 49.9 Å². The van der Waals surface area contributed by atoms with Crippen LogP contribution in [-0.4, -0.2) is 77.8 Å². The molecule has 1 amide bonds. The minimum atomic E-state index is -0.0511. The highest BCUT2D eigenvalue weighted by Gasteiger charge is 2.43. The van der Waals surface area contributed by atoms with E-state index in [0.717, 1.165) is 77.3 Å². The molecule has 1 spiro atoms. The molecule has 3 aliphatic rings. The Kier molecular flexibility index (Phi) is 5.76. The van der Waals surface area contributed by atoms with Crippen LogP contribution < -0.4 is 4.90 Å². The average molecular weight is 423 g/mol. The molecule has 0 aliphatic carbocycles. The third-order valence-electron chi connectivity index (χ3n) is 7.54. The zero-order chi connectivity index (χ0) is 21.3. The number of piperidine rings is 1. The fourth-order valence-corrected chi connectivity index (χ4v) is 5.61. The third kappa shape index (κ3) is 4.23. The number of anilines is 1. The van der Waals surface area contributed by atoms with Gasteiger partial charge in [-0.3, -0.25) is 9.69 Å². The number of aromatic nitrogens is 1. The second-order valence-electron chi connectivity index (χ2n) is 9.33. The van der Waals surface area contributed by atoms with Crippen molar-refractivity contribution in [1.29, 1.82) is 0 Å². The lowest BCUT2D eigenvalue weighted by molar-refractivity contribution is -0.130. The molecule has 6 nitrogen and oxygen atoms in total. The molecule has 3 saturated heterocycles. The Morgan fingerprint density at radius 1 is 0.968 bits per heavy atom. The van der Waals surface area contributed by atoms with Gasteiger partial charge in [0, 0.05) is 70.8 Å². The first-order valence-electron chi connectivity index (χ1n) is 11.7. The van der Waals surface area contributed by atoms with Crippen LogP contribution in [0.2, 0.25) is 0 Å². The van der Waals surface area contributed by atoms with Gasteiger partial charge in [0.2, 0.25) is 0 Å². The standard InChI is InChI=1S/C25H34N4O2/c1-26-12-5-8-23(26)24(30)29-13-10-25(11-14-29)20-22(9-19-31-25)28-17-15-27(16-18-28)21-6-3-2-4-7-21/h2-8,12,22H,9-11,13-20H2,1H3. The molecule has 6 heteroatoms. The molecule has 0 radical (unpaired) electrons. The largest absolute Gasteiger partial charge is 0.375 e. The monoisotopic (exact) mass is 422 g/mol. The van der Waals surface area contributed by atoms with Crippen LogP contribution in [0.4, 0.5) is 5.69 Å². The number of likely N-dealkylation sites (tertiary alicyclic amines) is 1. The lowest BCUT2D eigenvalue weighted by Gasteiger charge is -2.49. The molecule has 0 saturated carbocycles. The van der Waals surface area contributed by atoms with E-state index in [9.17, 15) is 4.79 Å². The van der Waals surface area contributed by atoms with Crippen LogP contribution in [0.5, 0.6) is 0 Å². The summed E-state index contributed by atoms with van der Waals surface area (Å²) in [5, 5.41) is 0. The van der Waals surface area contributed by atoms with E-state index in [1.165, 1.54) is 5.69 Å². The number of hydrogen-bond donors (Lipinski definition) is 0. The molecule has 31 heavy (non-hydrogen) atoms. The highest BCUT2D eigenvalue weighted by Crippen LogP contribution is 2.37. The van der Waals surface area contributed by atoms with Gasteiger partial charge in [-0.1, -0.05) is 18.2 Å². The summed E-state index contributed by atoms with van der Waals surface area (Å²) in [6, 6.07) is 15.2. The normalized spacial score (nSPS) is 24.5. The van der Waals surface area contributed by atoms with Crippen LogP contribution in [-0.2, 0) is 11.8 Å². The van der Waals surface area contributed by atoms with Crippen molar-refractivity contribution >= 4 is 11.6 Å². The summed E-state index contributed by atoms with van der Waals surface area (Å²) in [5.41, 5.74) is 2.06. The molecule has 1 aromatic carbocycles. The number of benzene rings is 1. The summed E-state index contributed by atoms with van der Waals surface area (Å²) >= 11 is 0. The Morgan fingerprint density at radius 3 is 2.39 bits per heavy atom. The molecule has 1 unspecified atom stereocenters. The van der Waals surface area contributed by atoms with Gasteiger partial charge in [0.1, 0.15) is 5.69 Å². The Balaban J connectivity index is 1.16. The van der Waals surface area contributed by atoms with Gasteiger partial charge >= 0.3 is 0 Å². The molecule has 2 aromatic rings. The summed E-state index contributed by atoms with van der Waals surface area (Å²) in [6.07, 6.45) is 6.06. The number of para-hydroxylation sites is 1. The number of piperazine rings is 1. The number of carbonyl (C=O) groups is 1. The Labute approximate surface area is 185 Å². The fourth-order valence-electron chi connectivity index (χ4n) is 5.61. The first-order valence-corrected chi connectivity index (χ1v) is 11.7. The van der Waals surface area contributed by atoms with E-state index in [4.69, 9.17) is 4.74 Å². The number of amides is 1. The van der Waals surface area contributed by atoms with Gasteiger partial charge in [0.15, 0.2) is 0 Å². The smallest absolute Gasteiger partial charge is 0.270 e. The molecular formula is C25H34N4O2. The maximum atomic E-state index is 12.9. The second-order valence-corrected chi connectivity index (χ2v) is 9.33. The zero-order valence-corrected chi connectivity index (χ0v) is 18.6. The molecule has 4 heterocycles. The predicted octanol–water partition coefficient (Wildman–Crippen LogP) is 3.00. The Morgan fingerprint density at radius 2 is 1.71 bits per heavy atom. The lowest BCUT2D eigenvalue weighted by atomic mass is 9.81. The van der Waals surface area contributed by atoms with Gasteiger partial charge in [-0.2, -0.15) is 0 Å². The quantitative estimate of drug-likeness (QED) is 0.763. The highest BCUT2D eigenvalue weighted by atomic mass is 16.5. The third-order valence-corrected chi connectivity index (χ3v) is 7.54. The van der Waals surface area contributed by atoms with E-state index in [1.807, 2.05) is 34.8 Å². The van der Waals surface area contributed by atoms with Gasteiger partial charge < -0.3 is 19.1 Å². The van der Waals surface area contributed by atoms with E-state index < -0.39 is 0 Å². The van der Waals surface area contributed by atoms with Crippen molar-refractivity contribution in [1.82, 2.24) is 14.4 Å². The molecule has 166 valence electrons. The Hall–Kier alpha value is -2.31. The molecule has 3 fully saturated rings. The molecule has 5 rings (SSSR count). The fraction of sp³-hybridized carbons (Fsp3) is 0.560. The van der Waals surface area contributed by atoms with Crippen molar-refractivity contribution in [2.75, 3.05) is 50.8 Å². The summed E-state index contributed by atoms with van der Waals surface area (Å²) in [5.74, 6) is 0.145. The molecule has 0 bridgehead atoms. The van der Waals surface area contributed by atoms with Gasteiger partial charge in [-0.25, -0.2) is 0 Å². The number of ether oxygens (including phenoxy) is 1. The molecule has 0 N–H and O–H groups in total. The van der Waals surface area contributed by atoms with Crippen LogP contribution in [0.25, 0.3) is 0 Å². The van der Waals surface area contributed by atoms with Crippen molar-refractivity contribution in [2.24, 2.45) is 7.05 Å². The van der Waals surface area contributed by atoms with Crippen LogP contribution in [0.15, 0.2) is 48.7 Å². The number of rotatable bonds is 3. The van der Waals surface area contributed by atoms with Crippen LogP contribution in [0.1, 0.15) is 36.2 Å². The molecule has 1 atom stereocenters. The van der Waals surface area contributed by atoms with Crippen molar-refractivity contribution in [2.45, 2.75) is 37.3 Å². The van der Waals surface area contributed by atoms with Crippen LogP contribution >= 0.6 is 0 Å². The number of hydrogen-bond acceptors (Lipinski definition) is 4. The van der Waals surface area contributed by atoms with Gasteiger partial charge in [0.05, 0.1) is 5.60 Å². The number of carbonyl (C=O) groups excluding carboxylic acids is 1. The topological polar surface area (TPSA) is 41.0 Å². The maximum Gasteiger partial charge on any atom is 0.270 e. The van der Waals surface area contributed by atoms with E-state index in [1.54, 1.807) is 0 Å². The molecule has 3 aliphatic heterocycles. The van der Waals surface area contributed by atoms with Crippen molar-refractivity contribution in [3.63, 3.8) is 0 Å². The average Bonchev–Trinajstić information content (AvgIpc) is 3.26. The molecular weight excluding hydrogens is 388 g/mol. The predicted molar refractivity (Wildman–Crippen MR) is 122 cm³/mol. The summed E-state index contributed by atoms with van der Waals surface area (Å²) < 4.78 is 8.29. The summed E-state index contributed by atoms with van der Waals surface area (Å²) in [7, 11) is 1.94. The van der Waals surface area contributed by atoms with E-state index in [0.29, 0.717) is 6.04 Å². The SMILES string of the molecule is Cn1cccc1C(=O)N1CCC2(CC1)CC(N1CCN(c3ccccc3)CC1)CCO2. The number of nitrogens with zero attached hydrogens (tertiary/aromatic N) is 4. The van der Waals surface area contributed by atoms with Crippen molar-refractivity contribution < 1.29 is 9.53 Å². The summed E-state index contributed by atoms with van der Waals surface area (Å²) in [4.78, 5) is 20.1. The summed E-state index contributed by atoms with van der Waals surface area (Å²) in [6.45, 7) is 6.84. The lowest BCUT2D eigenvalue weighted by Crippen LogP contribution is -2.57. The van der Waals surface area contributed by atoms with E-state index in [2.05, 4.69) is 40.1 Å². The first-order chi connectivity index (χ1) is 15.1. The van der Waals surface area contributed by atoms with Gasteiger partial charge in [-0.15, -0.1) is 0 Å². The maximum absolute atomic E-state index is 12.9. The van der Waals surface area contributed by atoms with Crippen LogP contribution in [0, 0.1) is 0 Å².